The van der Waals surface area contributed by atoms with Crippen LogP contribution in [0.5, 0.6) is 0 Å². The Morgan fingerprint density at radius 3 is 2.52 bits per heavy atom. The van der Waals surface area contributed by atoms with Crippen molar-refractivity contribution in [3.05, 3.63) is 0 Å². The zero-order chi connectivity index (χ0) is 15.2. The van der Waals surface area contributed by atoms with Gasteiger partial charge in [-0.1, -0.05) is 0 Å². The van der Waals surface area contributed by atoms with Crippen LogP contribution in [0.1, 0.15) is 19.3 Å². The molecule has 1 saturated carbocycles. The minimum atomic E-state index is -0.958. The first-order valence-electron chi connectivity index (χ1n) is 7.69. The largest absolute Gasteiger partial charge is 0.480 e. The molecule has 2 aliphatic rings. The van der Waals surface area contributed by atoms with E-state index in [0.29, 0.717) is 32.1 Å². The number of hydrogen-bond donors (Lipinski definition) is 2. The molecule has 0 spiro atoms. The average molecular weight is 299 g/mol. The van der Waals surface area contributed by atoms with Gasteiger partial charge in [0.1, 0.15) is 6.54 Å². The van der Waals surface area contributed by atoms with Crippen molar-refractivity contribution in [2.24, 2.45) is 5.92 Å². The van der Waals surface area contributed by atoms with Gasteiger partial charge in [-0.2, -0.15) is 0 Å². The monoisotopic (exact) mass is 299 g/mol. The lowest BCUT2D eigenvalue weighted by atomic mass is 10.3. The lowest BCUT2D eigenvalue weighted by Crippen LogP contribution is -2.47. The normalized spacial score (nSPS) is 20.1. The number of carboxylic acid groups (broad SMARTS) is 1. The van der Waals surface area contributed by atoms with E-state index in [2.05, 4.69) is 4.90 Å². The second-order valence-electron chi connectivity index (χ2n) is 5.91. The highest BCUT2D eigenvalue weighted by atomic mass is 16.4. The van der Waals surface area contributed by atoms with E-state index in [1.807, 2.05) is 0 Å². The molecule has 1 heterocycles. The molecule has 2 rings (SSSR count). The Kier molecular flexibility index (Phi) is 5.81. The fourth-order valence-electron chi connectivity index (χ4n) is 2.71. The van der Waals surface area contributed by atoms with E-state index in [1.54, 1.807) is 4.90 Å². The van der Waals surface area contributed by atoms with Crippen LogP contribution in [0.3, 0.4) is 0 Å². The molecule has 0 aromatic rings. The third-order valence-electron chi connectivity index (χ3n) is 4.05. The number of aliphatic hydroxyl groups excluding tert-OH is 1. The van der Waals surface area contributed by atoms with Crippen molar-refractivity contribution in [3.8, 4) is 0 Å². The van der Waals surface area contributed by atoms with Crippen molar-refractivity contribution in [1.82, 2.24) is 14.7 Å². The average Bonchev–Trinajstić information content (AvgIpc) is 3.24. The SMILES string of the molecule is O=C(O)CN(CC1CC1)C(=O)N1CCCN(CCO)CC1. The minimum Gasteiger partial charge on any atom is -0.480 e. The van der Waals surface area contributed by atoms with Crippen molar-refractivity contribution in [3.63, 3.8) is 0 Å². The molecule has 2 fully saturated rings. The van der Waals surface area contributed by atoms with Crippen molar-refractivity contribution in [1.29, 1.82) is 0 Å². The molecule has 1 aliphatic heterocycles. The number of β-amino-alcohol motifs (C(OH)–C–C–N with tert-alkyl or cyclic N) is 1. The fraction of sp³-hybridized carbons (Fsp3) is 0.857. The summed E-state index contributed by atoms with van der Waals surface area (Å²) in [4.78, 5) is 28.9. The first-order valence-corrected chi connectivity index (χ1v) is 7.69. The summed E-state index contributed by atoms with van der Waals surface area (Å²) in [5, 5.41) is 18.0. The molecule has 0 unspecified atom stereocenters. The van der Waals surface area contributed by atoms with E-state index >= 15 is 0 Å². The molecule has 0 aromatic heterocycles. The van der Waals surface area contributed by atoms with Crippen molar-refractivity contribution in [2.75, 3.05) is 52.4 Å². The number of nitrogens with zero attached hydrogens (tertiary/aromatic N) is 3. The van der Waals surface area contributed by atoms with Crippen LogP contribution in [-0.2, 0) is 4.79 Å². The maximum atomic E-state index is 12.5. The van der Waals surface area contributed by atoms with Crippen LogP contribution in [0.4, 0.5) is 4.79 Å². The standard InChI is InChI=1S/C14H25N3O4/c18-9-8-15-4-1-5-16(7-6-15)14(21)17(11-13(19)20)10-12-2-3-12/h12,18H,1-11H2,(H,19,20). The second kappa shape index (κ2) is 7.61. The first kappa shape index (κ1) is 16.0. The molecule has 0 atom stereocenters. The number of hydrogen-bond acceptors (Lipinski definition) is 4. The van der Waals surface area contributed by atoms with Gasteiger partial charge in [-0.15, -0.1) is 0 Å². The third kappa shape index (κ3) is 5.17. The lowest BCUT2D eigenvalue weighted by Gasteiger charge is -2.29. The Hall–Kier alpha value is -1.34. The first-order chi connectivity index (χ1) is 10.1. The van der Waals surface area contributed by atoms with Crippen LogP contribution < -0.4 is 0 Å². The molecule has 2 N–H and O–H groups in total. The molecule has 2 amide bonds. The lowest BCUT2D eigenvalue weighted by molar-refractivity contribution is -0.137. The number of carbonyl (C=O) groups excluding carboxylic acids is 1. The van der Waals surface area contributed by atoms with Gasteiger partial charge in [0.05, 0.1) is 6.61 Å². The van der Waals surface area contributed by atoms with Gasteiger partial charge in [0.2, 0.25) is 0 Å². The summed E-state index contributed by atoms with van der Waals surface area (Å²) < 4.78 is 0. The fourth-order valence-corrected chi connectivity index (χ4v) is 2.71. The zero-order valence-electron chi connectivity index (χ0n) is 12.4. The molecule has 7 heteroatoms. The molecule has 0 bridgehead atoms. The number of aliphatic hydroxyl groups is 1. The summed E-state index contributed by atoms with van der Waals surface area (Å²) in [6.45, 7) is 3.95. The summed E-state index contributed by atoms with van der Waals surface area (Å²) in [5.41, 5.74) is 0. The molecule has 1 saturated heterocycles. The van der Waals surface area contributed by atoms with E-state index < -0.39 is 5.97 Å². The Bertz CT molecular complexity index is 373. The summed E-state index contributed by atoms with van der Waals surface area (Å²) in [7, 11) is 0. The second-order valence-corrected chi connectivity index (χ2v) is 5.91. The van der Waals surface area contributed by atoms with Crippen LogP contribution in [0.15, 0.2) is 0 Å². The third-order valence-corrected chi connectivity index (χ3v) is 4.05. The number of amides is 2. The van der Waals surface area contributed by atoms with Crippen molar-refractivity contribution in [2.45, 2.75) is 19.3 Å². The maximum absolute atomic E-state index is 12.5. The number of carboxylic acids is 1. The molecule has 21 heavy (non-hydrogen) atoms. The van der Waals surface area contributed by atoms with Gasteiger partial charge in [0.15, 0.2) is 0 Å². The number of urea groups is 1. The molecular formula is C14H25N3O4. The summed E-state index contributed by atoms with van der Waals surface area (Å²) >= 11 is 0. The molecule has 0 radical (unpaired) electrons. The Balaban J connectivity index is 1.90. The van der Waals surface area contributed by atoms with E-state index in [1.165, 1.54) is 4.90 Å². The van der Waals surface area contributed by atoms with Crippen LogP contribution >= 0.6 is 0 Å². The van der Waals surface area contributed by atoms with Crippen LogP contribution in [0, 0.1) is 5.92 Å². The van der Waals surface area contributed by atoms with E-state index in [0.717, 1.165) is 32.4 Å². The van der Waals surface area contributed by atoms with Crippen molar-refractivity contribution < 1.29 is 19.8 Å². The molecule has 120 valence electrons. The number of carbonyl (C=O) groups is 2. The zero-order valence-corrected chi connectivity index (χ0v) is 12.4. The van der Waals surface area contributed by atoms with E-state index in [9.17, 15) is 9.59 Å². The summed E-state index contributed by atoms with van der Waals surface area (Å²) in [6, 6.07) is -0.157. The van der Waals surface area contributed by atoms with Crippen LogP contribution in [-0.4, -0.2) is 89.3 Å². The predicted octanol–water partition coefficient (Wildman–Crippen LogP) is -0.0970. The number of rotatable bonds is 6. The Morgan fingerprint density at radius 1 is 1.14 bits per heavy atom. The quantitative estimate of drug-likeness (QED) is 0.716. The molecule has 7 nitrogen and oxygen atoms in total. The van der Waals surface area contributed by atoms with Gasteiger partial charge >= 0.3 is 12.0 Å². The Labute approximate surface area is 125 Å². The molecule has 1 aliphatic carbocycles. The van der Waals surface area contributed by atoms with E-state index in [-0.39, 0.29) is 19.2 Å². The van der Waals surface area contributed by atoms with Gasteiger partial charge in [-0.05, 0) is 31.7 Å². The van der Waals surface area contributed by atoms with Gasteiger partial charge < -0.3 is 20.0 Å². The highest BCUT2D eigenvalue weighted by Crippen LogP contribution is 2.30. The van der Waals surface area contributed by atoms with E-state index in [4.69, 9.17) is 10.2 Å². The predicted molar refractivity (Wildman–Crippen MR) is 77.0 cm³/mol. The van der Waals surface area contributed by atoms with Gasteiger partial charge in [-0.25, -0.2) is 4.79 Å². The van der Waals surface area contributed by atoms with Crippen LogP contribution in [0.2, 0.25) is 0 Å². The smallest absolute Gasteiger partial charge is 0.323 e. The Morgan fingerprint density at radius 2 is 1.90 bits per heavy atom. The maximum Gasteiger partial charge on any atom is 0.323 e. The van der Waals surface area contributed by atoms with Gasteiger partial charge in [0, 0.05) is 32.7 Å². The molecule has 0 aromatic carbocycles. The summed E-state index contributed by atoms with van der Waals surface area (Å²) in [6.07, 6.45) is 3.04. The highest BCUT2D eigenvalue weighted by Gasteiger charge is 2.30. The molecular weight excluding hydrogens is 274 g/mol. The van der Waals surface area contributed by atoms with Crippen molar-refractivity contribution >= 4 is 12.0 Å². The topological polar surface area (TPSA) is 84.3 Å². The van der Waals surface area contributed by atoms with Gasteiger partial charge in [0.25, 0.3) is 0 Å². The van der Waals surface area contributed by atoms with Gasteiger partial charge in [-0.3, -0.25) is 9.69 Å². The highest BCUT2D eigenvalue weighted by molar-refractivity contribution is 5.80. The minimum absolute atomic E-state index is 0.126. The van der Waals surface area contributed by atoms with Crippen LogP contribution in [0.25, 0.3) is 0 Å². The summed E-state index contributed by atoms with van der Waals surface area (Å²) in [5.74, 6) is -0.480. The number of aliphatic carboxylic acids is 1.